The Labute approximate surface area is 142 Å². The first kappa shape index (κ1) is 15.4. The van der Waals surface area contributed by atoms with Gasteiger partial charge < -0.3 is 9.80 Å². The van der Waals surface area contributed by atoms with Crippen molar-refractivity contribution in [3.8, 4) is 0 Å². The Morgan fingerprint density at radius 1 is 1.17 bits per heavy atom. The summed E-state index contributed by atoms with van der Waals surface area (Å²) in [7, 11) is 4.23. The van der Waals surface area contributed by atoms with Gasteiger partial charge in [-0.25, -0.2) is 0 Å². The molecule has 0 radical (unpaired) electrons. The van der Waals surface area contributed by atoms with Crippen LogP contribution in [0.1, 0.15) is 35.4 Å². The second-order valence-electron chi connectivity index (χ2n) is 7.30. The van der Waals surface area contributed by atoms with Gasteiger partial charge in [0.2, 0.25) is 0 Å². The summed E-state index contributed by atoms with van der Waals surface area (Å²) in [5.41, 5.74) is 1.62. The zero-order valence-corrected chi connectivity index (χ0v) is 14.6. The van der Waals surface area contributed by atoms with Gasteiger partial charge in [0.25, 0.3) is 5.91 Å². The van der Waals surface area contributed by atoms with Crippen molar-refractivity contribution in [3.63, 3.8) is 0 Å². The Balaban J connectivity index is 1.57. The van der Waals surface area contributed by atoms with Crippen LogP contribution in [0.25, 0.3) is 0 Å². The van der Waals surface area contributed by atoms with Crippen LogP contribution >= 0.6 is 11.6 Å². The summed E-state index contributed by atoms with van der Waals surface area (Å²) in [5, 5.41) is 5.10. The number of carbonyl (C=O) groups excluding carboxylic acids is 1. The Morgan fingerprint density at radius 2 is 1.96 bits per heavy atom. The number of rotatable bonds is 1. The van der Waals surface area contributed by atoms with Gasteiger partial charge in [0.05, 0.1) is 10.7 Å². The summed E-state index contributed by atoms with van der Waals surface area (Å²) >= 11 is 6.53. The summed E-state index contributed by atoms with van der Waals surface area (Å²) in [6.45, 7) is 5.37. The number of carbonyl (C=O) groups is 1. The van der Waals surface area contributed by atoms with E-state index < -0.39 is 0 Å². The van der Waals surface area contributed by atoms with Crippen LogP contribution in [-0.2, 0) is 13.1 Å². The number of hydrogen-bond acceptors (Lipinski definition) is 4. The van der Waals surface area contributed by atoms with E-state index in [4.69, 9.17) is 11.6 Å². The van der Waals surface area contributed by atoms with Gasteiger partial charge in [0.1, 0.15) is 0 Å². The number of amides is 1. The van der Waals surface area contributed by atoms with Gasteiger partial charge in [-0.15, -0.1) is 0 Å². The van der Waals surface area contributed by atoms with Crippen molar-refractivity contribution in [2.75, 3.05) is 40.3 Å². The number of fused-ring (bicyclic) bond motifs is 1. The van der Waals surface area contributed by atoms with E-state index in [1.54, 1.807) is 0 Å². The standard InChI is InChI=1S/C16H24ClN5O/c1-19-6-3-7-22-12(10-19)13(17)14(18-22)15(23)21-9-5-16(11-21)4-8-20(16)2/h3-11H2,1-2H3. The van der Waals surface area contributed by atoms with E-state index >= 15 is 0 Å². The van der Waals surface area contributed by atoms with Gasteiger partial charge in [-0.2, -0.15) is 5.10 Å². The average Bonchev–Trinajstić information content (AvgIpc) is 3.06. The molecule has 1 atom stereocenters. The highest BCUT2D eigenvalue weighted by atomic mass is 35.5. The van der Waals surface area contributed by atoms with Gasteiger partial charge >= 0.3 is 0 Å². The summed E-state index contributed by atoms with van der Waals surface area (Å²) in [5.74, 6) is -0.00426. The van der Waals surface area contributed by atoms with Crippen LogP contribution in [0.15, 0.2) is 0 Å². The van der Waals surface area contributed by atoms with E-state index in [-0.39, 0.29) is 11.4 Å². The average molecular weight is 338 g/mol. The van der Waals surface area contributed by atoms with Crippen molar-refractivity contribution >= 4 is 17.5 Å². The molecule has 1 aromatic rings. The molecule has 0 bridgehead atoms. The maximum atomic E-state index is 12.9. The molecule has 0 aromatic carbocycles. The first-order chi connectivity index (χ1) is 11.0. The number of likely N-dealkylation sites (N-methyl/N-ethyl adjacent to an activating group) is 1. The zero-order chi connectivity index (χ0) is 16.2. The van der Waals surface area contributed by atoms with Crippen LogP contribution in [0, 0.1) is 0 Å². The van der Waals surface area contributed by atoms with Gasteiger partial charge in [0, 0.05) is 44.8 Å². The molecule has 4 heterocycles. The van der Waals surface area contributed by atoms with Gasteiger partial charge in [-0.05, 0) is 33.4 Å². The maximum absolute atomic E-state index is 12.9. The molecular weight excluding hydrogens is 314 g/mol. The fraction of sp³-hybridized carbons (Fsp3) is 0.750. The van der Waals surface area contributed by atoms with E-state index in [0.29, 0.717) is 10.7 Å². The quantitative estimate of drug-likeness (QED) is 0.774. The molecule has 7 heteroatoms. The highest BCUT2D eigenvalue weighted by Gasteiger charge is 2.48. The topological polar surface area (TPSA) is 44.6 Å². The molecule has 1 aromatic heterocycles. The number of nitrogens with zero attached hydrogens (tertiary/aromatic N) is 5. The second-order valence-corrected chi connectivity index (χ2v) is 7.67. The number of halogens is 1. The molecule has 6 nitrogen and oxygen atoms in total. The molecule has 0 saturated carbocycles. The van der Waals surface area contributed by atoms with Gasteiger partial charge in [-0.3, -0.25) is 14.4 Å². The van der Waals surface area contributed by atoms with Crippen LogP contribution in [-0.4, -0.2) is 76.2 Å². The Hall–Kier alpha value is -1.11. The van der Waals surface area contributed by atoms with Crippen LogP contribution in [0.5, 0.6) is 0 Å². The molecule has 1 amide bonds. The smallest absolute Gasteiger partial charge is 0.275 e. The van der Waals surface area contributed by atoms with Crippen LogP contribution in [0.2, 0.25) is 5.02 Å². The highest BCUT2D eigenvalue weighted by molar-refractivity contribution is 6.34. The van der Waals surface area contributed by atoms with Crippen LogP contribution in [0.3, 0.4) is 0 Å². The monoisotopic (exact) mass is 337 g/mol. The Bertz CT molecular complexity index is 645. The first-order valence-corrected chi connectivity index (χ1v) is 8.82. The molecule has 1 spiro atoms. The molecule has 4 rings (SSSR count). The van der Waals surface area contributed by atoms with Crippen LogP contribution < -0.4 is 0 Å². The maximum Gasteiger partial charge on any atom is 0.275 e. The number of aromatic nitrogens is 2. The van der Waals surface area contributed by atoms with Gasteiger partial charge in [0.15, 0.2) is 5.69 Å². The lowest BCUT2D eigenvalue weighted by Gasteiger charge is -2.48. The number of aryl methyl sites for hydroxylation is 1. The molecular formula is C16H24ClN5O. The predicted molar refractivity (Wildman–Crippen MR) is 88.7 cm³/mol. The van der Waals surface area contributed by atoms with E-state index in [9.17, 15) is 4.79 Å². The van der Waals surface area contributed by atoms with E-state index in [1.807, 2.05) is 9.58 Å². The van der Waals surface area contributed by atoms with Crippen molar-refractivity contribution in [1.82, 2.24) is 24.5 Å². The lowest BCUT2D eigenvalue weighted by atomic mass is 9.85. The fourth-order valence-electron chi connectivity index (χ4n) is 4.12. The van der Waals surface area contributed by atoms with E-state index in [2.05, 4.69) is 29.0 Å². The minimum absolute atomic E-state index is 0.00426. The molecule has 2 fully saturated rings. The van der Waals surface area contributed by atoms with Crippen molar-refractivity contribution in [2.45, 2.75) is 37.9 Å². The fourth-order valence-corrected chi connectivity index (χ4v) is 4.40. The SMILES string of the molecule is CN1CCCn2nc(C(=O)N3CCC4(CCN4C)C3)c(Cl)c2C1. The van der Waals surface area contributed by atoms with Crippen molar-refractivity contribution < 1.29 is 4.79 Å². The minimum Gasteiger partial charge on any atom is -0.335 e. The molecule has 2 saturated heterocycles. The molecule has 3 aliphatic rings. The van der Waals surface area contributed by atoms with Crippen LogP contribution in [0.4, 0.5) is 0 Å². The summed E-state index contributed by atoms with van der Waals surface area (Å²) in [4.78, 5) is 19.5. The van der Waals surface area contributed by atoms with Crippen molar-refractivity contribution in [1.29, 1.82) is 0 Å². The molecule has 126 valence electrons. The van der Waals surface area contributed by atoms with Gasteiger partial charge in [-0.1, -0.05) is 11.6 Å². The third-order valence-electron chi connectivity index (χ3n) is 5.87. The number of likely N-dealkylation sites (tertiary alicyclic amines) is 2. The molecule has 0 N–H and O–H groups in total. The largest absolute Gasteiger partial charge is 0.335 e. The molecule has 3 aliphatic heterocycles. The predicted octanol–water partition coefficient (Wildman–Crippen LogP) is 1.29. The highest BCUT2D eigenvalue weighted by Crippen LogP contribution is 2.38. The molecule has 0 aliphatic carbocycles. The Kier molecular flexibility index (Phi) is 3.66. The Morgan fingerprint density at radius 3 is 2.61 bits per heavy atom. The zero-order valence-electron chi connectivity index (χ0n) is 13.9. The molecule has 23 heavy (non-hydrogen) atoms. The lowest BCUT2D eigenvalue weighted by molar-refractivity contribution is 0.0190. The summed E-state index contributed by atoms with van der Waals surface area (Å²) in [6.07, 6.45) is 3.28. The van der Waals surface area contributed by atoms with E-state index in [1.165, 1.54) is 6.42 Å². The lowest BCUT2D eigenvalue weighted by Crippen LogP contribution is -2.59. The summed E-state index contributed by atoms with van der Waals surface area (Å²) < 4.78 is 1.93. The number of hydrogen-bond donors (Lipinski definition) is 0. The normalized spacial score (nSPS) is 28.7. The molecule has 1 unspecified atom stereocenters. The third-order valence-corrected chi connectivity index (χ3v) is 6.26. The van der Waals surface area contributed by atoms with Crippen molar-refractivity contribution in [2.24, 2.45) is 0 Å². The minimum atomic E-state index is -0.00426. The van der Waals surface area contributed by atoms with E-state index in [0.717, 1.165) is 57.8 Å². The first-order valence-electron chi connectivity index (χ1n) is 8.44. The second kappa shape index (κ2) is 5.46. The third kappa shape index (κ3) is 2.39. The van der Waals surface area contributed by atoms with Crippen molar-refractivity contribution in [3.05, 3.63) is 16.4 Å². The summed E-state index contributed by atoms with van der Waals surface area (Å²) in [6, 6.07) is 0.